The van der Waals surface area contributed by atoms with E-state index in [0.29, 0.717) is 6.08 Å². The van der Waals surface area contributed by atoms with Crippen LogP contribution in [-0.2, 0) is 0 Å². The zero-order valence-corrected chi connectivity index (χ0v) is 6.03. The lowest BCUT2D eigenvalue weighted by Gasteiger charge is -2.16. The van der Waals surface area contributed by atoms with Gasteiger partial charge < -0.3 is 5.73 Å². The molecule has 0 aromatic heterocycles. The first-order valence-electron chi connectivity index (χ1n) is 3.32. The van der Waals surface area contributed by atoms with Crippen LogP contribution < -0.4 is 5.73 Å². The summed E-state index contributed by atoms with van der Waals surface area (Å²) >= 11 is 0. The van der Waals surface area contributed by atoms with Crippen LogP contribution >= 0.6 is 0 Å². The van der Waals surface area contributed by atoms with Gasteiger partial charge in [0.25, 0.3) is 0 Å². The second-order valence-corrected chi connectivity index (χ2v) is 2.53. The molecule has 0 saturated heterocycles. The molecule has 0 saturated carbocycles. The van der Waals surface area contributed by atoms with Crippen molar-refractivity contribution in [2.24, 2.45) is 5.73 Å². The third-order valence-corrected chi connectivity index (χ3v) is 1.51. The lowest BCUT2D eigenvalue weighted by molar-refractivity contribution is -0.0916. The van der Waals surface area contributed by atoms with E-state index in [-0.39, 0.29) is 6.42 Å². The van der Waals surface area contributed by atoms with Gasteiger partial charge in [0.15, 0.2) is 0 Å². The van der Waals surface area contributed by atoms with Crippen molar-refractivity contribution in [3.8, 4) is 0 Å². The number of hydrogen-bond acceptors (Lipinski definition) is 1. The molecule has 1 rings (SSSR count). The van der Waals surface area contributed by atoms with Gasteiger partial charge in [-0.25, -0.2) is 4.39 Å². The maximum Gasteiger partial charge on any atom is 0.418 e. The first-order valence-corrected chi connectivity index (χ1v) is 3.32. The molecule has 2 N–H and O–H groups in total. The molecule has 0 radical (unpaired) electrons. The van der Waals surface area contributed by atoms with Crippen LogP contribution in [0.25, 0.3) is 0 Å². The molecule has 0 bridgehead atoms. The quantitative estimate of drug-likeness (QED) is 0.568. The van der Waals surface area contributed by atoms with Gasteiger partial charge in [-0.05, 0) is 12.5 Å². The number of allylic oxidation sites excluding steroid dienone is 2. The van der Waals surface area contributed by atoms with Gasteiger partial charge in [-0.1, -0.05) is 6.08 Å². The Morgan fingerprint density at radius 2 is 2.00 bits per heavy atom. The average Bonchev–Trinajstić information content (AvgIpc) is 1.92. The summed E-state index contributed by atoms with van der Waals surface area (Å²) in [6.45, 7) is 0. The van der Waals surface area contributed by atoms with Crippen molar-refractivity contribution in [2.75, 3.05) is 0 Å². The fourth-order valence-corrected chi connectivity index (χ4v) is 0.941. The molecule has 1 atom stereocenters. The van der Waals surface area contributed by atoms with E-state index in [2.05, 4.69) is 0 Å². The van der Waals surface area contributed by atoms with Gasteiger partial charge in [-0.15, -0.1) is 0 Å². The highest BCUT2D eigenvalue weighted by Crippen LogP contribution is 2.34. The molecule has 1 unspecified atom stereocenters. The minimum absolute atomic E-state index is 0.116. The maximum atomic E-state index is 12.5. The largest absolute Gasteiger partial charge is 0.418 e. The number of hydrogen-bond donors (Lipinski definition) is 1. The smallest absolute Gasteiger partial charge is 0.324 e. The van der Waals surface area contributed by atoms with E-state index < -0.39 is 23.6 Å². The molecular weight excluding hydrogens is 174 g/mol. The van der Waals surface area contributed by atoms with E-state index in [1.54, 1.807) is 0 Å². The molecule has 68 valence electrons. The van der Waals surface area contributed by atoms with Crippen molar-refractivity contribution in [3.63, 3.8) is 0 Å². The topological polar surface area (TPSA) is 26.0 Å². The first kappa shape index (κ1) is 9.25. The summed E-state index contributed by atoms with van der Waals surface area (Å²) in [5.41, 5.74) is 3.93. The molecule has 0 aromatic rings. The molecule has 0 amide bonds. The second kappa shape index (κ2) is 2.90. The van der Waals surface area contributed by atoms with E-state index in [1.807, 2.05) is 0 Å². The van der Waals surface area contributed by atoms with Crippen LogP contribution in [0.5, 0.6) is 0 Å². The van der Waals surface area contributed by atoms with Gasteiger partial charge in [0.05, 0.1) is 5.57 Å². The van der Waals surface area contributed by atoms with Crippen molar-refractivity contribution in [3.05, 3.63) is 23.6 Å². The molecule has 1 aliphatic carbocycles. The summed E-state index contributed by atoms with van der Waals surface area (Å²) in [4.78, 5) is 0. The minimum atomic E-state index is -4.64. The lowest BCUT2D eigenvalue weighted by Crippen LogP contribution is -2.24. The third kappa shape index (κ3) is 1.85. The second-order valence-electron chi connectivity index (χ2n) is 2.53. The Balaban J connectivity index is 2.94. The monoisotopic (exact) mass is 181 g/mol. The fraction of sp³-hybridized carbons (Fsp3) is 0.429. The molecule has 1 aliphatic rings. The molecule has 0 spiro atoms. The van der Waals surface area contributed by atoms with Crippen LogP contribution in [0.4, 0.5) is 17.6 Å². The van der Waals surface area contributed by atoms with Crippen molar-refractivity contribution >= 4 is 0 Å². The molecule has 0 fully saturated rings. The molecule has 1 nitrogen and oxygen atoms in total. The predicted molar refractivity (Wildman–Crippen MR) is 35.9 cm³/mol. The Morgan fingerprint density at radius 1 is 1.42 bits per heavy atom. The number of halogens is 4. The normalized spacial score (nSPS) is 24.9. The van der Waals surface area contributed by atoms with E-state index >= 15 is 0 Å². The van der Waals surface area contributed by atoms with Crippen molar-refractivity contribution < 1.29 is 17.6 Å². The number of rotatable bonds is 0. The summed E-state index contributed by atoms with van der Waals surface area (Å²) < 4.78 is 48.4. The highest BCUT2D eigenvalue weighted by molar-refractivity contribution is 5.34. The first-order chi connectivity index (χ1) is 5.41. The Morgan fingerprint density at radius 3 is 2.42 bits per heavy atom. The Labute approximate surface area is 66.5 Å². The fourth-order valence-electron chi connectivity index (χ4n) is 0.941. The van der Waals surface area contributed by atoms with E-state index in [1.165, 1.54) is 0 Å². The highest BCUT2D eigenvalue weighted by Gasteiger charge is 2.37. The molecule has 12 heavy (non-hydrogen) atoms. The molecule has 5 heteroatoms. The van der Waals surface area contributed by atoms with Gasteiger partial charge in [-0.3, -0.25) is 0 Å². The van der Waals surface area contributed by atoms with Crippen molar-refractivity contribution in [2.45, 2.75) is 18.6 Å². The highest BCUT2D eigenvalue weighted by atomic mass is 19.4. The Hall–Kier alpha value is -0.840. The van der Waals surface area contributed by atoms with Crippen LogP contribution in [0.15, 0.2) is 23.6 Å². The zero-order chi connectivity index (χ0) is 9.35. The summed E-state index contributed by atoms with van der Waals surface area (Å²) in [5, 5.41) is 0. The van der Waals surface area contributed by atoms with Gasteiger partial charge >= 0.3 is 6.18 Å². The summed E-state index contributed by atoms with van der Waals surface area (Å²) in [5.74, 6) is -1.23. The summed E-state index contributed by atoms with van der Waals surface area (Å²) in [7, 11) is 0. The SMILES string of the molecule is NC1C=C(C(F)(F)F)C(F)=CC1. The van der Waals surface area contributed by atoms with Crippen molar-refractivity contribution in [1.82, 2.24) is 0 Å². The predicted octanol–water partition coefficient (Wildman–Crippen LogP) is 2.06. The van der Waals surface area contributed by atoms with Crippen LogP contribution in [0, 0.1) is 0 Å². The van der Waals surface area contributed by atoms with E-state index in [0.717, 1.165) is 6.08 Å². The van der Waals surface area contributed by atoms with Crippen LogP contribution in [0.2, 0.25) is 0 Å². The molecule has 0 heterocycles. The van der Waals surface area contributed by atoms with Crippen LogP contribution in [0.1, 0.15) is 6.42 Å². The Kier molecular flexibility index (Phi) is 2.23. The van der Waals surface area contributed by atoms with Gasteiger partial charge in [0.2, 0.25) is 0 Å². The maximum absolute atomic E-state index is 12.5. The third-order valence-electron chi connectivity index (χ3n) is 1.51. The molecule has 0 aromatic carbocycles. The van der Waals surface area contributed by atoms with Gasteiger partial charge in [0, 0.05) is 6.04 Å². The standard InChI is InChI=1S/C7H7F4N/c8-6-2-1-4(12)3-5(6)7(9,10)11/h2-4H,1,12H2. The van der Waals surface area contributed by atoms with E-state index in [4.69, 9.17) is 5.73 Å². The minimum Gasteiger partial charge on any atom is -0.324 e. The summed E-state index contributed by atoms with van der Waals surface area (Å²) in [6.07, 6.45) is -2.97. The van der Waals surface area contributed by atoms with Gasteiger partial charge in [-0.2, -0.15) is 13.2 Å². The summed E-state index contributed by atoms with van der Waals surface area (Å²) in [6, 6.07) is -0.735. The molecule has 0 aliphatic heterocycles. The molecular formula is C7H7F4N. The Bertz CT molecular complexity index is 238. The number of alkyl halides is 3. The number of nitrogens with two attached hydrogens (primary N) is 1. The van der Waals surface area contributed by atoms with Gasteiger partial charge in [0.1, 0.15) is 5.83 Å². The average molecular weight is 181 g/mol. The van der Waals surface area contributed by atoms with E-state index in [9.17, 15) is 17.6 Å². The van der Waals surface area contributed by atoms with Crippen LogP contribution in [0.3, 0.4) is 0 Å². The zero-order valence-electron chi connectivity index (χ0n) is 6.03. The van der Waals surface area contributed by atoms with Crippen molar-refractivity contribution in [1.29, 1.82) is 0 Å². The lowest BCUT2D eigenvalue weighted by atomic mass is 10.0. The van der Waals surface area contributed by atoms with Crippen LogP contribution in [-0.4, -0.2) is 12.2 Å².